The molecule has 86 valence electrons. The molecule has 0 bridgehead atoms. The van der Waals surface area contributed by atoms with Gasteiger partial charge in [-0.25, -0.2) is 0 Å². The summed E-state index contributed by atoms with van der Waals surface area (Å²) in [6.07, 6.45) is -4.46. The molecule has 0 radical (unpaired) electrons. The van der Waals surface area contributed by atoms with Gasteiger partial charge in [0.2, 0.25) is 0 Å². The Morgan fingerprint density at radius 3 is 2.27 bits per heavy atom. The van der Waals surface area contributed by atoms with Crippen molar-refractivity contribution in [1.82, 2.24) is 0 Å². The van der Waals surface area contributed by atoms with Crippen molar-refractivity contribution in [1.29, 1.82) is 0 Å². The summed E-state index contributed by atoms with van der Waals surface area (Å²) in [6.45, 7) is 1.55. The van der Waals surface area contributed by atoms with Crippen molar-refractivity contribution >= 4 is 24.0 Å². The molecule has 0 saturated carbocycles. The minimum absolute atomic E-state index is 0. The van der Waals surface area contributed by atoms with Crippen LogP contribution in [0.5, 0.6) is 0 Å². The first-order valence-corrected chi connectivity index (χ1v) is 4.29. The highest BCUT2D eigenvalue weighted by Crippen LogP contribution is 2.35. The molecule has 0 spiro atoms. The molecule has 1 rings (SSSR count). The third-order valence-electron chi connectivity index (χ3n) is 1.93. The van der Waals surface area contributed by atoms with Crippen LogP contribution < -0.4 is 5.73 Å². The van der Waals surface area contributed by atoms with Gasteiger partial charge in [0.25, 0.3) is 0 Å². The average molecular weight is 260 g/mol. The van der Waals surface area contributed by atoms with Crippen molar-refractivity contribution in [3.05, 3.63) is 34.3 Å². The van der Waals surface area contributed by atoms with Crippen molar-refractivity contribution < 1.29 is 13.2 Å². The van der Waals surface area contributed by atoms with Crippen LogP contribution in [0.2, 0.25) is 5.02 Å². The molecule has 0 unspecified atom stereocenters. The van der Waals surface area contributed by atoms with Gasteiger partial charge in [0.05, 0.1) is 0 Å². The van der Waals surface area contributed by atoms with E-state index in [1.807, 2.05) is 0 Å². The number of alkyl halides is 3. The number of aryl methyl sites for hydroxylation is 1. The van der Waals surface area contributed by atoms with E-state index in [9.17, 15) is 13.2 Å². The van der Waals surface area contributed by atoms with Gasteiger partial charge in [-0.2, -0.15) is 13.2 Å². The minimum Gasteiger partial charge on any atom is -0.316 e. The van der Waals surface area contributed by atoms with Gasteiger partial charge >= 0.3 is 6.18 Å². The first-order valence-electron chi connectivity index (χ1n) is 3.91. The molecule has 0 aromatic heterocycles. The van der Waals surface area contributed by atoms with Gasteiger partial charge < -0.3 is 5.73 Å². The maximum atomic E-state index is 12.3. The number of hydrogen-bond acceptors (Lipinski definition) is 1. The first-order chi connectivity index (χ1) is 6.34. The van der Waals surface area contributed by atoms with Crippen LogP contribution in [0.15, 0.2) is 18.2 Å². The summed E-state index contributed by atoms with van der Waals surface area (Å²) in [7, 11) is 0. The number of halogens is 5. The zero-order valence-corrected chi connectivity index (χ0v) is 9.38. The second-order valence-electron chi connectivity index (χ2n) is 2.99. The SMILES string of the molecule is Cc1cccc(Cl)c1[C@@H](N)C(F)(F)F.Cl. The van der Waals surface area contributed by atoms with Gasteiger partial charge in [0, 0.05) is 5.02 Å². The molecule has 0 aliphatic heterocycles. The minimum atomic E-state index is -4.46. The number of hydrogen-bond donors (Lipinski definition) is 1. The molecule has 0 heterocycles. The molecule has 0 fully saturated rings. The highest BCUT2D eigenvalue weighted by Gasteiger charge is 2.39. The second kappa shape index (κ2) is 5.05. The van der Waals surface area contributed by atoms with E-state index >= 15 is 0 Å². The number of nitrogens with two attached hydrogens (primary N) is 1. The summed E-state index contributed by atoms with van der Waals surface area (Å²) in [5.74, 6) is 0. The quantitative estimate of drug-likeness (QED) is 0.819. The van der Waals surface area contributed by atoms with E-state index in [1.54, 1.807) is 19.1 Å². The Kier molecular flexibility index (Phi) is 4.90. The maximum absolute atomic E-state index is 12.3. The van der Waals surface area contributed by atoms with E-state index in [0.29, 0.717) is 5.56 Å². The zero-order valence-electron chi connectivity index (χ0n) is 7.81. The second-order valence-corrected chi connectivity index (χ2v) is 3.40. The lowest BCUT2D eigenvalue weighted by Crippen LogP contribution is -2.29. The molecule has 1 aromatic carbocycles. The van der Waals surface area contributed by atoms with E-state index in [4.69, 9.17) is 17.3 Å². The predicted octanol–water partition coefficient (Wildman–Crippen LogP) is 3.63. The summed E-state index contributed by atoms with van der Waals surface area (Å²) in [5, 5.41) is 0.0508. The van der Waals surface area contributed by atoms with Gasteiger partial charge in [-0.3, -0.25) is 0 Å². The first kappa shape index (κ1) is 14.5. The lowest BCUT2D eigenvalue weighted by atomic mass is 10.0. The van der Waals surface area contributed by atoms with Crippen molar-refractivity contribution in [2.75, 3.05) is 0 Å². The molecule has 1 aromatic rings. The van der Waals surface area contributed by atoms with Gasteiger partial charge in [0.15, 0.2) is 0 Å². The molecular formula is C9H10Cl2F3N. The molecule has 15 heavy (non-hydrogen) atoms. The van der Waals surface area contributed by atoms with Crippen LogP contribution in [0.25, 0.3) is 0 Å². The Hall–Kier alpha value is -0.450. The number of rotatable bonds is 1. The van der Waals surface area contributed by atoms with Crippen molar-refractivity contribution in [3.8, 4) is 0 Å². The highest BCUT2D eigenvalue weighted by atomic mass is 35.5. The van der Waals surface area contributed by atoms with E-state index in [-0.39, 0.29) is 23.0 Å². The fourth-order valence-corrected chi connectivity index (χ4v) is 1.54. The smallest absolute Gasteiger partial charge is 0.316 e. The average Bonchev–Trinajstić information content (AvgIpc) is 2.01. The molecule has 0 aliphatic rings. The maximum Gasteiger partial charge on any atom is 0.407 e. The summed E-state index contributed by atoms with van der Waals surface area (Å²) in [5.41, 5.74) is 5.46. The molecule has 0 amide bonds. The lowest BCUT2D eigenvalue weighted by Gasteiger charge is -2.19. The highest BCUT2D eigenvalue weighted by molar-refractivity contribution is 6.31. The standard InChI is InChI=1S/C9H9ClF3N.ClH/c1-5-3-2-4-6(10)7(5)8(14)9(11,12)13;/h2-4,8H,14H2,1H3;1H/t8-;/m1./s1. The van der Waals surface area contributed by atoms with Crippen molar-refractivity contribution in [2.45, 2.75) is 19.1 Å². The van der Waals surface area contributed by atoms with Crippen LogP contribution in [0.4, 0.5) is 13.2 Å². The molecule has 1 nitrogen and oxygen atoms in total. The Morgan fingerprint density at radius 2 is 1.87 bits per heavy atom. The fourth-order valence-electron chi connectivity index (χ4n) is 1.20. The largest absolute Gasteiger partial charge is 0.407 e. The Balaban J connectivity index is 0.00000196. The van der Waals surface area contributed by atoms with Crippen LogP contribution in [0.3, 0.4) is 0 Å². The van der Waals surface area contributed by atoms with Gasteiger partial charge in [-0.1, -0.05) is 23.7 Å². The van der Waals surface area contributed by atoms with Crippen LogP contribution in [-0.2, 0) is 0 Å². The van der Waals surface area contributed by atoms with Crippen LogP contribution in [0, 0.1) is 6.92 Å². The summed E-state index contributed by atoms with van der Waals surface area (Å²) in [6, 6.07) is 2.52. The van der Waals surface area contributed by atoms with Gasteiger partial charge in [-0.05, 0) is 24.1 Å². The topological polar surface area (TPSA) is 26.0 Å². The van der Waals surface area contributed by atoms with Gasteiger partial charge in [-0.15, -0.1) is 12.4 Å². The van der Waals surface area contributed by atoms with Crippen LogP contribution in [0.1, 0.15) is 17.2 Å². The summed E-state index contributed by atoms with van der Waals surface area (Å²) >= 11 is 5.65. The molecule has 1 atom stereocenters. The van der Waals surface area contributed by atoms with E-state index < -0.39 is 12.2 Å². The Morgan fingerprint density at radius 1 is 1.33 bits per heavy atom. The zero-order chi connectivity index (χ0) is 10.9. The molecule has 0 aliphatic carbocycles. The molecular weight excluding hydrogens is 250 g/mol. The van der Waals surface area contributed by atoms with Crippen molar-refractivity contribution in [2.24, 2.45) is 5.73 Å². The Bertz CT molecular complexity index is 318. The van der Waals surface area contributed by atoms with E-state index in [1.165, 1.54) is 6.07 Å². The lowest BCUT2D eigenvalue weighted by molar-refractivity contribution is -0.149. The normalized spacial score (nSPS) is 13.2. The van der Waals surface area contributed by atoms with E-state index in [2.05, 4.69) is 0 Å². The Labute approximate surface area is 96.8 Å². The third-order valence-corrected chi connectivity index (χ3v) is 2.26. The monoisotopic (exact) mass is 259 g/mol. The summed E-state index contributed by atoms with van der Waals surface area (Å²) in [4.78, 5) is 0. The number of benzene rings is 1. The van der Waals surface area contributed by atoms with Gasteiger partial charge in [0.1, 0.15) is 6.04 Å². The fraction of sp³-hybridized carbons (Fsp3) is 0.333. The summed E-state index contributed by atoms with van der Waals surface area (Å²) < 4.78 is 36.9. The van der Waals surface area contributed by atoms with Crippen molar-refractivity contribution in [3.63, 3.8) is 0 Å². The molecule has 6 heteroatoms. The van der Waals surface area contributed by atoms with Crippen LogP contribution in [-0.4, -0.2) is 6.18 Å². The molecule has 0 saturated heterocycles. The van der Waals surface area contributed by atoms with Crippen LogP contribution >= 0.6 is 24.0 Å². The predicted molar refractivity (Wildman–Crippen MR) is 56.4 cm³/mol. The third kappa shape index (κ3) is 3.26. The van der Waals surface area contributed by atoms with E-state index in [0.717, 1.165) is 0 Å². The molecule has 2 N–H and O–H groups in total.